The van der Waals surface area contributed by atoms with Crippen molar-refractivity contribution in [2.75, 3.05) is 7.11 Å². The molecule has 0 bridgehead atoms. The molecule has 1 heterocycles. The number of ether oxygens (including phenoxy) is 1. The first-order valence-corrected chi connectivity index (χ1v) is 6.75. The molecule has 0 aliphatic heterocycles. The third kappa shape index (κ3) is 3.26. The second-order valence-corrected chi connectivity index (χ2v) is 4.92. The van der Waals surface area contributed by atoms with E-state index in [-0.39, 0.29) is 18.2 Å². The van der Waals surface area contributed by atoms with Crippen LogP contribution in [-0.2, 0) is 27.3 Å². The van der Waals surface area contributed by atoms with Gasteiger partial charge in [0, 0.05) is 30.1 Å². The minimum absolute atomic E-state index is 0.205. The van der Waals surface area contributed by atoms with E-state index in [0.717, 1.165) is 29.4 Å². The molecule has 0 spiro atoms. The van der Waals surface area contributed by atoms with Gasteiger partial charge in [0.25, 0.3) is 0 Å². The van der Waals surface area contributed by atoms with Crippen LogP contribution in [0.2, 0.25) is 0 Å². The normalized spacial score (nSPS) is 10.7. The molecule has 1 aromatic carbocycles. The van der Waals surface area contributed by atoms with Crippen LogP contribution < -0.4 is 0 Å². The van der Waals surface area contributed by atoms with Gasteiger partial charge < -0.3 is 14.1 Å². The molecule has 4 heteroatoms. The van der Waals surface area contributed by atoms with E-state index in [4.69, 9.17) is 4.74 Å². The molecule has 20 heavy (non-hydrogen) atoms. The number of carbonyl (C=O) groups is 2. The van der Waals surface area contributed by atoms with Gasteiger partial charge in [-0.2, -0.15) is 0 Å². The van der Waals surface area contributed by atoms with E-state index in [9.17, 15) is 9.59 Å². The fourth-order valence-electron chi connectivity index (χ4n) is 2.37. The summed E-state index contributed by atoms with van der Waals surface area (Å²) in [5.74, 6) is -0.0344. The number of ketones is 1. The summed E-state index contributed by atoms with van der Waals surface area (Å²) in [6.07, 6.45) is 3.66. The molecule has 0 unspecified atom stereocenters. The first kappa shape index (κ1) is 14.3. The van der Waals surface area contributed by atoms with Crippen molar-refractivity contribution in [3.8, 4) is 0 Å². The Hall–Kier alpha value is -2.10. The fraction of sp³-hybridized carbons (Fsp3) is 0.375. The van der Waals surface area contributed by atoms with Crippen molar-refractivity contribution in [1.82, 2.24) is 4.57 Å². The van der Waals surface area contributed by atoms with Crippen LogP contribution in [0.4, 0.5) is 0 Å². The first-order valence-electron chi connectivity index (χ1n) is 6.75. The number of methoxy groups -OCH3 is 1. The van der Waals surface area contributed by atoms with Crippen molar-refractivity contribution in [3.05, 3.63) is 36.0 Å². The second kappa shape index (κ2) is 6.37. The van der Waals surface area contributed by atoms with Crippen LogP contribution in [0, 0.1) is 0 Å². The largest absolute Gasteiger partial charge is 0.469 e. The maximum Gasteiger partial charge on any atom is 0.310 e. The molecule has 1 aromatic heterocycles. The van der Waals surface area contributed by atoms with E-state index in [2.05, 4.69) is 4.57 Å². The van der Waals surface area contributed by atoms with E-state index in [1.807, 2.05) is 30.5 Å². The molecule has 0 aliphatic rings. The lowest BCUT2D eigenvalue weighted by atomic mass is 10.1. The zero-order valence-electron chi connectivity index (χ0n) is 11.9. The smallest absolute Gasteiger partial charge is 0.310 e. The molecule has 0 amide bonds. The van der Waals surface area contributed by atoms with Gasteiger partial charge in [-0.25, -0.2) is 0 Å². The molecule has 0 aliphatic carbocycles. The molecule has 0 fully saturated rings. The van der Waals surface area contributed by atoms with Gasteiger partial charge in [0.15, 0.2) is 0 Å². The summed E-state index contributed by atoms with van der Waals surface area (Å²) >= 11 is 0. The summed E-state index contributed by atoms with van der Waals surface area (Å²) in [4.78, 5) is 22.5. The fourth-order valence-corrected chi connectivity index (χ4v) is 2.37. The number of nitrogens with zero attached hydrogens (tertiary/aromatic N) is 1. The third-order valence-corrected chi connectivity index (χ3v) is 3.36. The molecule has 0 N–H and O–H groups in total. The van der Waals surface area contributed by atoms with Crippen molar-refractivity contribution >= 4 is 22.7 Å². The van der Waals surface area contributed by atoms with Crippen molar-refractivity contribution in [2.24, 2.45) is 0 Å². The van der Waals surface area contributed by atoms with Crippen LogP contribution >= 0.6 is 0 Å². The molecule has 4 nitrogen and oxygen atoms in total. The third-order valence-electron chi connectivity index (χ3n) is 3.36. The lowest BCUT2D eigenvalue weighted by molar-refractivity contribution is -0.139. The number of aryl methyl sites for hydroxylation is 1. The average molecular weight is 273 g/mol. The van der Waals surface area contributed by atoms with Gasteiger partial charge in [-0.3, -0.25) is 4.79 Å². The van der Waals surface area contributed by atoms with Gasteiger partial charge in [0.1, 0.15) is 5.78 Å². The highest BCUT2D eigenvalue weighted by Crippen LogP contribution is 2.22. The van der Waals surface area contributed by atoms with Crippen molar-refractivity contribution in [3.63, 3.8) is 0 Å². The Bertz CT molecular complexity index is 628. The summed E-state index contributed by atoms with van der Waals surface area (Å²) in [5, 5.41) is 1.07. The molecule has 0 radical (unpaired) electrons. The van der Waals surface area contributed by atoms with E-state index < -0.39 is 0 Å². The van der Waals surface area contributed by atoms with Gasteiger partial charge >= 0.3 is 5.97 Å². The van der Waals surface area contributed by atoms with E-state index in [1.165, 1.54) is 7.11 Å². The zero-order chi connectivity index (χ0) is 14.5. The molecule has 0 saturated heterocycles. The number of carbonyl (C=O) groups excluding carboxylic acids is 2. The van der Waals surface area contributed by atoms with Gasteiger partial charge in [-0.15, -0.1) is 0 Å². The van der Waals surface area contributed by atoms with Crippen LogP contribution in [0.1, 0.15) is 25.3 Å². The number of Topliss-reactive ketones (excluding diaryl/α,β-unsaturated/α-hetero) is 1. The topological polar surface area (TPSA) is 48.3 Å². The molecule has 0 saturated carbocycles. The van der Waals surface area contributed by atoms with Crippen LogP contribution in [0.5, 0.6) is 0 Å². The summed E-state index contributed by atoms with van der Waals surface area (Å²) in [5.41, 5.74) is 2.06. The van der Waals surface area contributed by atoms with Gasteiger partial charge in [-0.05, 0) is 25.0 Å². The number of para-hydroxylation sites is 1. The Morgan fingerprint density at radius 2 is 2.00 bits per heavy atom. The SMILES string of the molecule is COC(=O)Cc1cn(CCCC(C)=O)c2ccccc12. The Morgan fingerprint density at radius 3 is 2.70 bits per heavy atom. The summed E-state index contributed by atoms with van der Waals surface area (Å²) in [6, 6.07) is 7.98. The predicted molar refractivity (Wildman–Crippen MR) is 77.6 cm³/mol. The molecule has 106 valence electrons. The Morgan fingerprint density at radius 1 is 1.25 bits per heavy atom. The molecular formula is C16H19NO3. The summed E-state index contributed by atoms with van der Waals surface area (Å²) < 4.78 is 6.84. The highest BCUT2D eigenvalue weighted by atomic mass is 16.5. The second-order valence-electron chi connectivity index (χ2n) is 4.92. The van der Waals surface area contributed by atoms with E-state index in [1.54, 1.807) is 6.92 Å². The zero-order valence-corrected chi connectivity index (χ0v) is 11.9. The van der Waals surface area contributed by atoms with Gasteiger partial charge in [0.2, 0.25) is 0 Å². The number of rotatable bonds is 6. The van der Waals surface area contributed by atoms with E-state index >= 15 is 0 Å². The number of esters is 1. The minimum Gasteiger partial charge on any atom is -0.469 e. The van der Waals surface area contributed by atoms with Gasteiger partial charge in [-0.1, -0.05) is 18.2 Å². The van der Waals surface area contributed by atoms with E-state index in [0.29, 0.717) is 6.42 Å². The average Bonchev–Trinajstić information content (AvgIpc) is 2.77. The maximum atomic E-state index is 11.5. The predicted octanol–water partition coefficient (Wildman–Crippen LogP) is 2.73. The number of hydrogen-bond donors (Lipinski definition) is 0. The van der Waals surface area contributed by atoms with Crippen molar-refractivity contribution in [2.45, 2.75) is 32.7 Å². The maximum absolute atomic E-state index is 11.5. The monoisotopic (exact) mass is 273 g/mol. The number of fused-ring (bicyclic) bond motifs is 1. The molecular weight excluding hydrogens is 254 g/mol. The van der Waals surface area contributed by atoms with Crippen LogP contribution in [0.25, 0.3) is 10.9 Å². The number of hydrogen-bond acceptors (Lipinski definition) is 3. The quantitative estimate of drug-likeness (QED) is 0.760. The molecule has 0 atom stereocenters. The highest BCUT2D eigenvalue weighted by molar-refractivity contribution is 5.87. The Labute approximate surface area is 118 Å². The lowest BCUT2D eigenvalue weighted by Crippen LogP contribution is -2.04. The Balaban J connectivity index is 2.25. The van der Waals surface area contributed by atoms with Crippen molar-refractivity contribution in [1.29, 1.82) is 0 Å². The summed E-state index contributed by atoms with van der Waals surface area (Å²) in [6.45, 7) is 2.39. The summed E-state index contributed by atoms with van der Waals surface area (Å²) in [7, 11) is 1.40. The number of benzene rings is 1. The minimum atomic E-state index is -0.239. The highest BCUT2D eigenvalue weighted by Gasteiger charge is 2.11. The van der Waals surface area contributed by atoms with Gasteiger partial charge in [0.05, 0.1) is 13.5 Å². The van der Waals surface area contributed by atoms with Crippen LogP contribution in [0.15, 0.2) is 30.5 Å². The molecule has 2 aromatic rings. The standard InChI is InChI=1S/C16H19NO3/c1-12(18)6-5-9-17-11-13(10-16(19)20-2)14-7-3-4-8-15(14)17/h3-4,7-8,11H,5-6,9-10H2,1-2H3. The number of aromatic nitrogens is 1. The van der Waals surface area contributed by atoms with Crippen LogP contribution in [-0.4, -0.2) is 23.4 Å². The first-order chi connectivity index (χ1) is 9.61. The molecule has 2 rings (SSSR count). The van der Waals surface area contributed by atoms with Crippen molar-refractivity contribution < 1.29 is 14.3 Å². The lowest BCUT2D eigenvalue weighted by Gasteiger charge is -2.03. The van der Waals surface area contributed by atoms with Crippen LogP contribution in [0.3, 0.4) is 0 Å². The Kier molecular flexibility index (Phi) is 4.56.